The van der Waals surface area contributed by atoms with Crippen molar-refractivity contribution in [3.8, 4) is 5.75 Å². The third-order valence-electron chi connectivity index (χ3n) is 2.81. The van der Waals surface area contributed by atoms with Crippen molar-refractivity contribution in [3.05, 3.63) is 56.0 Å². The number of nitrogens with one attached hydrogen (secondary N) is 1. The molecule has 2 aromatic rings. The summed E-state index contributed by atoms with van der Waals surface area (Å²) in [6.07, 6.45) is 0. The van der Waals surface area contributed by atoms with Crippen LogP contribution in [0.25, 0.3) is 0 Å². The number of rotatable bonds is 4. The van der Waals surface area contributed by atoms with Crippen LogP contribution < -0.4 is 10.1 Å². The van der Waals surface area contributed by atoms with Gasteiger partial charge in [0.2, 0.25) is 0 Å². The first-order chi connectivity index (χ1) is 10.4. The summed E-state index contributed by atoms with van der Waals surface area (Å²) in [4.78, 5) is 11.9. The first kappa shape index (κ1) is 17.2. The lowest BCUT2D eigenvalue weighted by molar-refractivity contribution is -0.118. The fourth-order valence-corrected chi connectivity index (χ4v) is 2.42. The minimum absolute atomic E-state index is 0.210. The molecule has 0 atom stereocenters. The number of amides is 1. The highest BCUT2D eigenvalue weighted by Crippen LogP contribution is 2.33. The van der Waals surface area contributed by atoms with Gasteiger partial charge in [0, 0.05) is 6.07 Å². The minimum atomic E-state index is -0.388. The van der Waals surface area contributed by atoms with E-state index in [9.17, 15) is 4.79 Å². The smallest absolute Gasteiger partial charge is 0.262 e. The van der Waals surface area contributed by atoms with Crippen molar-refractivity contribution in [1.29, 1.82) is 0 Å². The molecule has 0 heterocycles. The molecule has 0 saturated carbocycles. The van der Waals surface area contributed by atoms with Crippen LogP contribution >= 0.6 is 46.4 Å². The average Bonchev–Trinajstić information content (AvgIpc) is 2.49. The SMILES string of the molecule is Cc1ccc(Cl)c(NC(=O)COc2ccc(Cl)c(Cl)c2)c1Cl. The first-order valence-corrected chi connectivity index (χ1v) is 7.72. The molecule has 0 aromatic heterocycles. The predicted molar refractivity (Wildman–Crippen MR) is 91.8 cm³/mol. The van der Waals surface area contributed by atoms with Crippen molar-refractivity contribution in [2.75, 3.05) is 11.9 Å². The highest BCUT2D eigenvalue weighted by atomic mass is 35.5. The second kappa shape index (κ2) is 7.42. The Balaban J connectivity index is 2.02. The Morgan fingerprint density at radius 3 is 2.41 bits per heavy atom. The van der Waals surface area contributed by atoms with Crippen molar-refractivity contribution in [3.63, 3.8) is 0 Å². The van der Waals surface area contributed by atoms with E-state index in [1.165, 1.54) is 6.07 Å². The third-order valence-corrected chi connectivity index (χ3v) is 4.35. The second-order valence-corrected chi connectivity index (χ2v) is 6.07. The van der Waals surface area contributed by atoms with E-state index < -0.39 is 0 Å². The van der Waals surface area contributed by atoms with Gasteiger partial charge in [-0.3, -0.25) is 4.79 Å². The molecule has 2 aromatic carbocycles. The Labute approximate surface area is 148 Å². The standard InChI is InChI=1S/C15H11Cl4NO2/c1-8-2-4-11(17)15(14(8)19)20-13(21)7-22-9-3-5-10(16)12(18)6-9/h2-6H,7H2,1H3,(H,20,21). The molecule has 0 unspecified atom stereocenters. The van der Waals surface area contributed by atoms with Gasteiger partial charge in [-0.25, -0.2) is 0 Å². The molecule has 0 fully saturated rings. The number of halogens is 4. The summed E-state index contributed by atoms with van der Waals surface area (Å²) in [6, 6.07) is 8.17. The lowest BCUT2D eigenvalue weighted by atomic mass is 10.2. The van der Waals surface area contributed by atoms with Crippen LogP contribution in [0.5, 0.6) is 5.75 Å². The van der Waals surface area contributed by atoms with E-state index in [0.29, 0.717) is 31.5 Å². The van der Waals surface area contributed by atoms with Crippen LogP contribution in [0.15, 0.2) is 30.3 Å². The number of hydrogen-bond donors (Lipinski definition) is 1. The van der Waals surface area contributed by atoms with Gasteiger partial charge in [0.25, 0.3) is 5.91 Å². The number of aryl methyl sites for hydroxylation is 1. The van der Waals surface area contributed by atoms with E-state index in [0.717, 1.165) is 5.56 Å². The van der Waals surface area contributed by atoms with Gasteiger partial charge in [-0.05, 0) is 30.7 Å². The van der Waals surface area contributed by atoms with Crippen LogP contribution in [-0.2, 0) is 4.79 Å². The minimum Gasteiger partial charge on any atom is -0.484 e. The van der Waals surface area contributed by atoms with Gasteiger partial charge >= 0.3 is 0 Å². The van der Waals surface area contributed by atoms with Gasteiger partial charge < -0.3 is 10.1 Å². The Morgan fingerprint density at radius 2 is 1.73 bits per heavy atom. The first-order valence-electron chi connectivity index (χ1n) is 6.21. The maximum Gasteiger partial charge on any atom is 0.262 e. The number of anilines is 1. The summed E-state index contributed by atoms with van der Waals surface area (Å²) in [5, 5.41) is 4.15. The number of carbonyl (C=O) groups is 1. The zero-order valence-corrected chi connectivity index (χ0v) is 14.4. The van der Waals surface area contributed by atoms with E-state index in [1.54, 1.807) is 24.3 Å². The molecular formula is C15H11Cl4NO2. The number of carbonyl (C=O) groups excluding carboxylic acids is 1. The topological polar surface area (TPSA) is 38.3 Å². The molecule has 22 heavy (non-hydrogen) atoms. The molecule has 0 aliphatic heterocycles. The molecular weight excluding hydrogens is 368 g/mol. The van der Waals surface area contributed by atoms with E-state index in [2.05, 4.69) is 5.32 Å². The highest BCUT2D eigenvalue weighted by Gasteiger charge is 2.12. The van der Waals surface area contributed by atoms with E-state index in [-0.39, 0.29) is 12.5 Å². The molecule has 0 aliphatic rings. The molecule has 0 aliphatic carbocycles. The third kappa shape index (κ3) is 4.20. The summed E-state index contributed by atoms with van der Waals surface area (Å²) in [5.41, 5.74) is 1.18. The van der Waals surface area contributed by atoms with E-state index in [4.69, 9.17) is 51.1 Å². The molecule has 0 radical (unpaired) electrons. The Hall–Kier alpha value is -1.13. The van der Waals surface area contributed by atoms with Crippen molar-refractivity contribution < 1.29 is 9.53 Å². The van der Waals surface area contributed by atoms with Crippen LogP contribution in [0.3, 0.4) is 0 Å². The van der Waals surface area contributed by atoms with Crippen molar-refractivity contribution in [2.45, 2.75) is 6.92 Å². The molecule has 3 nitrogen and oxygen atoms in total. The Bertz CT molecular complexity index is 719. The van der Waals surface area contributed by atoms with Gasteiger partial charge in [-0.1, -0.05) is 52.5 Å². The lowest BCUT2D eigenvalue weighted by Gasteiger charge is -2.12. The molecule has 1 N–H and O–H groups in total. The molecule has 2 rings (SSSR count). The van der Waals surface area contributed by atoms with Gasteiger partial charge in [0.05, 0.1) is 25.8 Å². The Kier molecular flexibility index (Phi) is 5.81. The van der Waals surface area contributed by atoms with E-state index >= 15 is 0 Å². The quantitative estimate of drug-likeness (QED) is 0.748. The number of ether oxygens (including phenoxy) is 1. The zero-order chi connectivity index (χ0) is 16.3. The van der Waals surface area contributed by atoms with Gasteiger partial charge in [-0.15, -0.1) is 0 Å². The fourth-order valence-electron chi connectivity index (χ4n) is 1.66. The molecule has 0 spiro atoms. The molecule has 116 valence electrons. The van der Waals surface area contributed by atoms with Crippen LogP contribution in [0.4, 0.5) is 5.69 Å². The van der Waals surface area contributed by atoms with Gasteiger partial charge in [-0.2, -0.15) is 0 Å². The molecule has 7 heteroatoms. The van der Waals surface area contributed by atoms with Gasteiger partial charge in [0.15, 0.2) is 6.61 Å². The van der Waals surface area contributed by atoms with E-state index in [1.807, 2.05) is 6.92 Å². The Morgan fingerprint density at radius 1 is 1.05 bits per heavy atom. The van der Waals surface area contributed by atoms with Crippen molar-refractivity contribution in [1.82, 2.24) is 0 Å². The largest absolute Gasteiger partial charge is 0.484 e. The second-order valence-electron chi connectivity index (χ2n) is 4.47. The maximum absolute atomic E-state index is 11.9. The highest BCUT2D eigenvalue weighted by molar-refractivity contribution is 6.42. The van der Waals surface area contributed by atoms with Crippen LogP contribution in [0.2, 0.25) is 20.1 Å². The van der Waals surface area contributed by atoms with Crippen molar-refractivity contribution in [2.24, 2.45) is 0 Å². The average molecular weight is 379 g/mol. The summed E-state index contributed by atoms with van der Waals surface area (Å²) in [5.74, 6) is 0.0476. The number of hydrogen-bond acceptors (Lipinski definition) is 2. The molecule has 0 saturated heterocycles. The summed E-state index contributed by atoms with van der Waals surface area (Å²) in [6.45, 7) is 1.61. The van der Waals surface area contributed by atoms with Crippen LogP contribution in [0.1, 0.15) is 5.56 Å². The predicted octanol–water partition coefficient (Wildman–Crippen LogP) is 5.63. The fraction of sp³-hybridized carbons (Fsp3) is 0.133. The molecule has 1 amide bonds. The summed E-state index contributed by atoms with van der Waals surface area (Å²) < 4.78 is 5.34. The number of benzene rings is 2. The zero-order valence-electron chi connectivity index (χ0n) is 11.4. The monoisotopic (exact) mass is 377 g/mol. The van der Waals surface area contributed by atoms with Crippen LogP contribution in [-0.4, -0.2) is 12.5 Å². The normalized spacial score (nSPS) is 10.4. The molecule has 0 bridgehead atoms. The van der Waals surface area contributed by atoms with Crippen LogP contribution in [0, 0.1) is 6.92 Å². The summed E-state index contributed by atoms with van der Waals surface area (Å²) in [7, 11) is 0. The maximum atomic E-state index is 11.9. The van der Waals surface area contributed by atoms with Gasteiger partial charge in [0.1, 0.15) is 5.75 Å². The lowest BCUT2D eigenvalue weighted by Crippen LogP contribution is -2.20. The summed E-state index contributed by atoms with van der Waals surface area (Å²) >= 11 is 23.8. The van der Waals surface area contributed by atoms with Crippen molar-refractivity contribution >= 4 is 58.0 Å².